The van der Waals surface area contributed by atoms with Crippen molar-refractivity contribution in [3.05, 3.63) is 65.7 Å². The van der Waals surface area contributed by atoms with Crippen molar-refractivity contribution in [2.45, 2.75) is 32.7 Å². The zero-order valence-corrected chi connectivity index (χ0v) is 14.8. The Bertz CT molecular complexity index is 849. The van der Waals surface area contributed by atoms with Crippen LogP contribution in [0.5, 0.6) is 0 Å². The summed E-state index contributed by atoms with van der Waals surface area (Å²) in [6, 6.07) is 19.3. The average Bonchev–Trinajstić information content (AvgIpc) is 2.67. The molecule has 2 heterocycles. The number of aryl methyl sites for hydroxylation is 1. The molecular weight excluding hydrogens is 306 g/mol. The highest BCUT2D eigenvalue weighted by atomic mass is 15.2. The van der Waals surface area contributed by atoms with E-state index in [4.69, 9.17) is 4.98 Å². The number of nitrogens with zero attached hydrogens (tertiary/aromatic N) is 2. The van der Waals surface area contributed by atoms with Gasteiger partial charge in [-0.3, -0.25) is 0 Å². The predicted molar refractivity (Wildman–Crippen MR) is 106 cm³/mol. The topological polar surface area (TPSA) is 28.2 Å². The van der Waals surface area contributed by atoms with Gasteiger partial charge in [-0.05, 0) is 50.5 Å². The van der Waals surface area contributed by atoms with Gasteiger partial charge in [0.15, 0.2) is 0 Å². The Labute approximate surface area is 149 Å². The van der Waals surface area contributed by atoms with Crippen LogP contribution < -0.4 is 10.2 Å². The zero-order valence-electron chi connectivity index (χ0n) is 14.8. The van der Waals surface area contributed by atoms with E-state index < -0.39 is 0 Å². The third kappa shape index (κ3) is 3.60. The van der Waals surface area contributed by atoms with Crippen molar-refractivity contribution in [1.82, 2.24) is 4.98 Å². The molecular formula is C22H25N3. The van der Waals surface area contributed by atoms with Crippen LogP contribution in [0.2, 0.25) is 0 Å². The number of nitrogens with one attached hydrogen (secondary N) is 1. The number of piperidine rings is 1. The molecule has 3 aromatic rings. The summed E-state index contributed by atoms with van der Waals surface area (Å²) >= 11 is 0. The molecule has 1 N–H and O–H groups in total. The number of aromatic nitrogens is 1. The number of rotatable bonds is 4. The van der Waals surface area contributed by atoms with E-state index in [9.17, 15) is 0 Å². The molecule has 1 fully saturated rings. The molecule has 3 heteroatoms. The summed E-state index contributed by atoms with van der Waals surface area (Å²) in [4.78, 5) is 7.47. The Balaban J connectivity index is 1.65. The quantitative estimate of drug-likeness (QED) is 0.717. The number of hydrogen-bond donors (Lipinski definition) is 1. The van der Waals surface area contributed by atoms with Crippen LogP contribution in [0.4, 0.5) is 11.5 Å². The van der Waals surface area contributed by atoms with E-state index in [0.717, 1.165) is 36.7 Å². The Kier molecular flexibility index (Phi) is 4.55. The smallest absolute Gasteiger partial charge is 0.134 e. The van der Waals surface area contributed by atoms with Crippen LogP contribution in [0.25, 0.3) is 10.9 Å². The summed E-state index contributed by atoms with van der Waals surface area (Å²) in [5.41, 5.74) is 4.80. The number of fused-ring (bicyclic) bond motifs is 1. The number of anilines is 2. The summed E-state index contributed by atoms with van der Waals surface area (Å²) in [5, 5.41) is 4.78. The normalized spacial score (nSPS) is 14.7. The monoisotopic (exact) mass is 331 g/mol. The van der Waals surface area contributed by atoms with E-state index in [1.165, 1.54) is 35.8 Å². The average molecular weight is 331 g/mol. The first-order valence-corrected chi connectivity index (χ1v) is 9.24. The number of benzene rings is 2. The summed E-state index contributed by atoms with van der Waals surface area (Å²) < 4.78 is 0. The van der Waals surface area contributed by atoms with Crippen molar-refractivity contribution < 1.29 is 0 Å². The fraction of sp³-hybridized carbons (Fsp3) is 0.318. The summed E-state index contributed by atoms with van der Waals surface area (Å²) in [6.45, 7) is 5.14. The molecule has 1 saturated heterocycles. The number of pyridine rings is 1. The van der Waals surface area contributed by atoms with Gasteiger partial charge < -0.3 is 10.2 Å². The maximum atomic E-state index is 5.01. The van der Waals surface area contributed by atoms with Crippen LogP contribution in [0.3, 0.4) is 0 Å². The minimum atomic E-state index is 0.798. The third-order valence-electron chi connectivity index (χ3n) is 4.97. The highest BCUT2D eigenvalue weighted by Gasteiger charge is 2.17. The highest BCUT2D eigenvalue weighted by Crippen LogP contribution is 2.27. The van der Waals surface area contributed by atoms with E-state index in [2.05, 4.69) is 71.7 Å². The van der Waals surface area contributed by atoms with E-state index in [1.807, 2.05) is 0 Å². The Hall–Kier alpha value is -2.55. The second-order valence-corrected chi connectivity index (χ2v) is 6.93. The van der Waals surface area contributed by atoms with E-state index >= 15 is 0 Å². The van der Waals surface area contributed by atoms with Gasteiger partial charge in [0.25, 0.3) is 0 Å². The number of hydrogen-bond acceptors (Lipinski definition) is 3. The second-order valence-electron chi connectivity index (χ2n) is 6.93. The summed E-state index contributed by atoms with van der Waals surface area (Å²) in [7, 11) is 0. The summed E-state index contributed by atoms with van der Waals surface area (Å²) in [6.07, 6.45) is 3.86. The molecule has 0 aliphatic carbocycles. The maximum absolute atomic E-state index is 5.01. The Morgan fingerprint density at radius 3 is 2.52 bits per heavy atom. The van der Waals surface area contributed by atoms with Crippen LogP contribution in [0.1, 0.15) is 30.4 Å². The van der Waals surface area contributed by atoms with E-state index in [1.54, 1.807) is 0 Å². The van der Waals surface area contributed by atoms with Gasteiger partial charge in [-0.2, -0.15) is 0 Å². The zero-order chi connectivity index (χ0) is 17.1. The van der Waals surface area contributed by atoms with Crippen LogP contribution in [0, 0.1) is 6.92 Å². The lowest BCUT2D eigenvalue weighted by Crippen LogP contribution is -2.31. The largest absolute Gasteiger partial charge is 0.381 e. The molecule has 0 bridgehead atoms. The molecule has 4 rings (SSSR count). The lowest BCUT2D eigenvalue weighted by atomic mass is 10.1. The number of para-hydroxylation sites is 1. The lowest BCUT2D eigenvalue weighted by molar-refractivity contribution is 0.572. The van der Waals surface area contributed by atoms with Crippen LogP contribution in [-0.2, 0) is 6.54 Å². The second kappa shape index (κ2) is 7.14. The molecule has 0 saturated carbocycles. The van der Waals surface area contributed by atoms with E-state index in [0.29, 0.717) is 0 Å². The minimum absolute atomic E-state index is 0.798. The van der Waals surface area contributed by atoms with Crippen molar-refractivity contribution in [1.29, 1.82) is 0 Å². The molecule has 1 aromatic heterocycles. The van der Waals surface area contributed by atoms with Gasteiger partial charge in [0, 0.05) is 36.3 Å². The molecule has 25 heavy (non-hydrogen) atoms. The van der Waals surface area contributed by atoms with Gasteiger partial charge in [0.05, 0.1) is 5.52 Å². The van der Waals surface area contributed by atoms with Crippen LogP contribution in [0.15, 0.2) is 54.6 Å². The molecule has 3 nitrogen and oxygen atoms in total. The molecule has 1 aliphatic rings. The van der Waals surface area contributed by atoms with Crippen LogP contribution in [-0.4, -0.2) is 18.1 Å². The summed E-state index contributed by atoms with van der Waals surface area (Å²) in [5.74, 6) is 1.15. The third-order valence-corrected chi connectivity index (χ3v) is 4.97. The van der Waals surface area contributed by atoms with Crippen LogP contribution >= 0.6 is 0 Å². The molecule has 1 aliphatic heterocycles. The fourth-order valence-electron chi connectivity index (χ4n) is 3.53. The highest BCUT2D eigenvalue weighted by molar-refractivity contribution is 5.82. The molecule has 0 unspecified atom stereocenters. The van der Waals surface area contributed by atoms with E-state index in [-0.39, 0.29) is 0 Å². The van der Waals surface area contributed by atoms with Gasteiger partial charge in [0.1, 0.15) is 5.82 Å². The van der Waals surface area contributed by atoms with Crippen molar-refractivity contribution in [2.24, 2.45) is 0 Å². The molecule has 0 radical (unpaired) electrons. The van der Waals surface area contributed by atoms with Gasteiger partial charge in [0.2, 0.25) is 0 Å². The first kappa shape index (κ1) is 15.9. The standard InChI is InChI=1S/C22H25N3/c1-17-9-11-20(12-10-17)23-16-19-15-18-7-3-4-8-21(18)24-22(19)25-13-5-2-6-14-25/h3-4,7-12,15,23H,2,5-6,13-14,16H2,1H3. The first-order chi connectivity index (χ1) is 12.3. The van der Waals surface area contributed by atoms with Crippen molar-refractivity contribution in [3.8, 4) is 0 Å². The van der Waals surface area contributed by atoms with Crippen molar-refractivity contribution in [3.63, 3.8) is 0 Å². The molecule has 128 valence electrons. The molecule has 2 aromatic carbocycles. The minimum Gasteiger partial charge on any atom is -0.381 e. The predicted octanol–water partition coefficient (Wildman–Crippen LogP) is 5.15. The van der Waals surface area contributed by atoms with Gasteiger partial charge >= 0.3 is 0 Å². The molecule has 0 spiro atoms. The molecule has 0 atom stereocenters. The van der Waals surface area contributed by atoms with Gasteiger partial charge in [-0.15, -0.1) is 0 Å². The van der Waals surface area contributed by atoms with Gasteiger partial charge in [-0.1, -0.05) is 35.9 Å². The maximum Gasteiger partial charge on any atom is 0.134 e. The Morgan fingerprint density at radius 1 is 0.960 bits per heavy atom. The first-order valence-electron chi connectivity index (χ1n) is 9.24. The fourth-order valence-corrected chi connectivity index (χ4v) is 3.53. The van der Waals surface area contributed by atoms with Crippen molar-refractivity contribution in [2.75, 3.05) is 23.3 Å². The van der Waals surface area contributed by atoms with Gasteiger partial charge in [-0.25, -0.2) is 4.98 Å². The SMILES string of the molecule is Cc1ccc(NCc2cc3ccccc3nc2N2CCCCC2)cc1. The van der Waals surface area contributed by atoms with Crippen molar-refractivity contribution >= 4 is 22.4 Å². The molecule has 0 amide bonds. The lowest BCUT2D eigenvalue weighted by Gasteiger charge is -2.30. The Morgan fingerprint density at radius 2 is 1.72 bits per heavy atom.